The lowest BCUT2D eigenvalue weighted by molar-refractivity contribution is -0.137. The van der Waals surface area contributed by atoms with E-state index < -0.39 is 23.9 Å². The van der Waals surface area contributed by atoms with Crippen LogP contribution in [-0.2, 0) is 11.2 Å². The van der Waals surface area contributed by atoms with E-state index in [1.54, 1.807) is 6.07 Å². The maximum atomic E-state index is 13.3. The van der Waals surface area contributed by atoms with Crippen molar-refractivity contribution < 1.29 is 24.2 Å². The highest BCUT2D eigenvalue weighted by Gasteiger charge is 2.17. The van der Waals surface area contributed by atoms with Gasteiger partial charge in [-0.15, -0.1) is 0 Å². The number of carboxylic acid groups (broad SMARTS) is 2. The molecule has 0 radical (unpaired) electrons. The second-order valence-corrected chi connectivity index (χ2v) is 3.54. The summed E-state index contributed by atoms with van der Waals surface area (Å²) in [5.41, 5.74) is 0.285. The van der Waals surface area contributed by atoms with Crippen molar-refractivity contribution in [2.75, 3.05) is 0 Å². The third-order valence-corrected chi connectivity index (χ3v) is 2.17. The molecule has 0 aliphatic rings. The molecule has 0 unspecified atom stereocenters. The zero-order chi connectivity index (χ0) is 12.8. The Morgan fingerprint density at radius 3 is 2.47 bits per heavy atom. The van der Waals surface area contributed by atoms with Crippen LogP contribution in [0.25, 0.3) is 0 Å². The molecular weight excluding hydrogens is 229 g/mol. The molecule has 0 aromatic heterocycles. The van der Waals surface area contributed by atoms with E-state index in [1.807, 2.05) is 0 Å². The van der Waals surface area contributed by atoms with E-state index in [4.69, 9.17) is 10.2 Å². The SMILES string of the molecule is O=C(O)C[C@@H](Cc1ccccc1F)NC(=O)O. The Kier molecular flexibility index (Phi) is 4.45. The number of halogens is 1. The Morgan fingerprint density at radius 1 is 1.29 bits per heavy atom. The molecule has 1 rings (SSSR count). The van der Waals surface area contributed by atoms with Gasteiger partial charge >= 0.3 is 12.1 Å². The van der Waals surface area contributed by atoms with Gasteiger partial charge in [-0.1, -0.05) is 18.2 Å². The number of nitrogens with one attached hydrogen (secondary N) is 1. The van der Waals surface area contributed by atoms with Crippen LogP contribution in [0.1, 0.15) is 12.0 Å². The molecule has 5 nitrogen and oxygen atoms in total. The fourth-order valence-electron chi connectivity index (χ4n) is 1.49. The third kappa shape index (κ3) is 4.50. The fourth-order valence-corrected chi connectivity index (χ4v) is 1.49. The quantitative estimate of drug-likeness (QED) is 0.728. The van der Waals surface area contributed by atoms with Crippen LogP contribution >= 0.6 is 0 Å². The molecule has 1 amide bonds. The number of amides is 1. The summed E-state index contributed by atoms with van der Waals surface area (Å²) < 4.78 is 13.3. The fraction of sp³-hybridized carbons (Fsp3) is 0.273. The molecule has 1 aromatic carbocycles. The number of aliphatic carboxylic acids is 1. The molecule has 6 heteroatoms. The first kappa shape index (κ1) is 13.0. The van der Waals surface area contributed by atoms with Gasteiger partial charge in [0, 0.05) is 6.04 Å². The summed E-state index contributed by atoms with van der Waals surface area (Å²) in [6.45, 7) is 0. The first-order chi connectivity index (χ1) is 7.99. The summed E-state index contributed by atoms with van der Waals surface area (Å²) in [4.78, 5) is 21.0. The minimum atomic E-state index is -1.33. The van der Waals surface area contributed by atoms with Crippen molar-refractivity contribution in [1.29, 1.82) is 0 Å². The summed E-state index contributed by atoms with van der Waals surface area (Å²) in [5.74, 6) is -1.62. The van der Waals surface area contributed by atoms with Crippen molar-refractivity contribution in [3.05, 3.63) is 35.6 Å². The Morgan fingerprint density at radius 2 is 1.94 bits per heavy atom. The van der Waals surface area contributed by atoms with Crippen molar-refractivity contribution in [3.63, 3.8) is 0 Å². The van der Waals surface area contributed by atoms with E-state index in [9.17, 15) is 14.0 Å². The lowest BCUT2D eigenvalue weighted by Crippen LogP contribution is -2.37. The van der Waals surface area contributed by atoms with Gasteiger partial charge in [0.2, 0.25) is 0 Å². The largest absolute Gasteiger partial charge is 0.481 e. The van der Waals surface area contributed by atoms with Crippen LogP contribution < -0.4 is 5.32 Å². The number of carboxylic acids is 1. The molecule has 17 heavy (non-hydrogen) atoms. The van der Waals surface area contributed by atoms with E-state index in [0.717, 1.165) is 0 Å². The Labute approximate surface area is 96.9 Å². The number of hydrogen-bond acceptors (Lipinski definition) is 2. The first-order valence-electron chi connectivity index (χ1n) is 4.93. The second-order valence-electron chi connectivity index (χ2n) is 3.54. The van der Waals surface area contributed by atoms with Crippen molar-refractivity contribution in [1.82, 2.24) is 5.32 Å². The molecule has 92 valence electrons. The van der Waals surface area contributed by atoms with Crippen LogP contribution in [0.4, 0.5) is 9.18 Å². The molecule has 0 saturated carbocycles. The van der Waals surface area contributed by atoms with Gasteiger partial charge in [-0.3, -0.25) is 4.79 Å². The van der Waals surface area contributed by atoms with Gasteiger partial charge in [0.15, 0.2) is 0 Å². The van der Waals surface area contributed by atoms with Crippen LogP contribution in [0.3, 0.4) is 0 Å². The average molecular weight is 241 g/mol. The number of benzene rings is 1. The van der Waals surface area contributed by atoms with Crippen LogP contribution in [-0.4, -0.2) is 28.3 Å². The lowest BCUT2D eigenvalue weighted by Gasteiger charge is -2.15. The molecule has 1 aromatic rings. The Balaban J connectivity index is 2.75. The second kappa shape index (κ2) is 5.83. The van der Waals surface area contributed by atoms with E-state index in [2.05, 4.69) is 5.32 Å². The molecule has 0 fully saturated rings. The van der Waals surface area contributed by atoms with E-state index >= 15 is 0 Å². The maximum Gasteiger partial charge on any atom is 0.404 e. The molecule has 0 spiro atoms. The topological polar surface area (TPSA) is 86.6 Å². The predicted molar refractivity (Wildman–Crippen MR) is 57.3 cm³/mol. The molecule has 1 atom stereocenters. The Bertz CT molecular complexity index is 406. The highest BCUT2D eigenvalue weighted by atomic mass is 19.1. The Hall–Kier alpha value is -2.11. The summed E-state index contributed by atoms with van der Waals surface area (Å²) in [6.07, 6.45) is -1.71. The molecule has 0 saturated heterocycles. The van der Waals surface area contributed by atoms with E-state index in [0.29, 0.717) is 0 Å². The van der Waals surface area contributed by atoms with E-state index in [1.165, 1.54) is 18.2 Å². The van der Waals surface area contributed by atoms with Gasteiger partial charge in [-0.05, 0) is 18.1 Å². The number of rotatable bonds is 5. The molecule has 0 heterocycles. The van der Waals surface area contributed by atoms with Crippen LogP contribution in [0.2, 0.25) is 0 Å². The smallest absolute Gasteiger partial charge is 0.404 e. The number of carbonyl (C=O) groups is 2. The first-order valence-corrected chi connectivity index (χ1v) is 4.93. The van der Waals surface area contributed by atoms with Crippen molar-refractivity contribution >= 4 is 12.1 Å². The highest BCUT2D eigenvalue weighted by Crippen LogP contribution is 2.10. The average Bonchev–Trinajstić information content (AvgIpc) is 2.19. The van der Waals surface area contributed by atoms with Crippen LogP contribution in [0.15, 0.2) is 24.3 Å². The van der Waals surface area contributed by atoms with Gasteiger partial charge in [0.25, 0.3) is 0 Å². The van der Waals surface area contributed by atoms with Gasteiger partial charge < -0.3 is 15.5 Å². The standard InChI is InChI=1S/C11H12FNO4/c12-9-4-2-1-3-7(9)5-8(6-10(14)15)13-11(16)17/h1-4,8,13H,5-6H2,(H,14,15)(H,16,17)/t8-/m1/s1. The molecule has 0 aliphatic heterocycles. The van der Waals surface area contributed by atoms with Gasteiger partial charge in [-0.2, -0.15) is 0 Å². The number of hydrogen-bond donors (Lipinski definition) is 3. The normalized spacial score (nSPS) is 11.8. The van der Waals surface area contributed by atoms with E-state index in [-0.39, 0.29) is 18.4 Å². The molecule has 3 N–H and O–H groups in total. The summed E-state index contributed by atoms with van der Waals surface area (Å²) in [5, 5.41) is 19.2. The van der Waals surface area contributed by atoms with Gasteiger partial charge in [-0.25, -0.2) is 9.18 Å². The predicted octanol–water partition coefficient (Wildman–Crippen LogP) is 1.48. The van der Waals surface area contributed by atoms with Crippen LogP contribution in [0.5, 0.6) is 0 Å². The summed E-state index contributed by atoms with van der Waals surface area (Å²) in [6, 6.07) is 5.01. The maximum absolute atomic E-state index is 13.3. The van der Waals surface area contributed by atoms with Crippen molar-refractivity contribution in [3.8, 4) is 0 Å². The van der Waals surface area contributed by atoms with Gasteiger partial charge in [0.1, 0.15) is 5.82 Å². The summed E-state index contributed by atoms with van der Waals surface area (Å²) >= 11 is 0. The summed E-state index contributed by atoms with van der Waals surface area (Å²) in [7, 11) is 0. The minimum Gasteiger partial charge on any atom is -0.481 e. The zero-order valence-electron chi connectivity index (χ0n) is 8.89. The van der Waals surface area contributed by atoms with Gasteiger partial charge in [0.05, 0.1) is 6.42 Å². The van der Waals surface area contributed by atoms with Crippen LogP contribution in [0, 0.1) is 5.82 Å². The third-order valence-electron chi connectivity index (χ3n) is 2.17. The molecular formula is C11H12FNO4. The highest BCUT2D eigenvalue weighted by molar-refractivity contribution is 5.70. The lowest BCUT2D eigenvalue weighted by atomic mass is 10.0. The van der Waals surface area contributed by atoms with Crippen molar-refractivity contribution in [2.45, 2.75) is 18.9 Å². The molecule has 0 bridgehead atoms. The monoisotopic (exact) mass is 241 g/mol. The molecule has 0 aliphatic carbocycles. The minimum absolute atomic E-state index is 0.00523. The zero-order valence-corrected chi connectivity index (χ0v) is 8.89. The van der Waals surface area contributed by atoms with Crippen molar-refractivity contribution in [2.24, 2.45) is 0 Å².